The van der Waals surface area contributed by atoms with Crippen molar-refractivity contribution in [1.29, 1.82) is 5.41 Å². The Morgan fingerprint density at radius 1 is 0.979 bits per heavy atom. The van der Waals surface area contributed by atoms with Crippen molar-refractivity contribution in [1.82, 2.24) is 4.90 Å². The summed E-state index contributed by atoms with van der Waals surface area (Å²) in [6, 6.07) is 15.4. The third-order valence-corrected chi connectivity index (χ3v) is 7.89. The highest BCUT2D eigenvalue weighted by Gasteiger charge is 2.45. The first-order chi connectivity index (χ1) is 22.6. The fourth-order valence-corrected chi connectivity index (χ4v) is 5.24. The number of aliphatic hydroxyl groups excluding tert-OH is 4. The summed E-state index contributed by atoms with van der Waals surface area (Å²) < 4.78 is 16.7. The number of nitrogens with two attached hydrogens (primary N) is 1. The van der Waals surface area contributed by atoms with E-state index in [2.05, 4.69) is 10.6 Å². The number of phenols is 1. The van der Waals surface area contributed by atoms with E-state index >= 15 is 0 Å². The van der Waals surface area contributed by atoms with Gasteiger partial charge in [-0.25, -0.2) is 0 Å². The number of carbonyl (C=O) groups is 2. The van der Waals surface area contributed by atoms with Gasteiger partial charge in [0.05, 0.1) is 25.5 Å². The van der Waals surface area contributed by atoms with Crippen LogP contribution in [0.4, 0.5) is 11.4 Å². The van der Waals surface area contributed by atoms with Crippen LogP contribution in [0.3, 0.4) is 0 Å². The molecule has 0 radical (unpaired) electrons. The minimum absolute atomic E-state index is 0.0261. The quantitative estimate of drug-likeness (QED) is 0.0807. The second kappa shape index (κ2) is 14.8. The van der Waals surface area contributed by atoms with Crippen LogP contribution in [0.15, 0.2) is 66.7 Å². The molecule has 2 aliphatic heterocycles. The lowest BCUT2D eigenvalue weighted by Crippen LogP contribution is -2.60. The molecule has 0 spiro atoms. The SMILES string of the molecule is N=C(N)c1ccc(O)c(NC(C(=O)Nc2ccc(C(=O)N3CCOCC3)cc2)c2ccccc2OC2OC(CO)C(O)C(O)C2O)c1. The van der Waals surface area contributed by atoms with E-state index in [-0.39, 0.29) is 40.1 Å². The Labute approximate surface area is 269 Å². The number of hydrogen-bond donors (Lipinski definition) is 9. The number of amidine groups is 1. The summed E-state index contributed by atoms with van der Waals surface area (Å²) >= 11 is 0. The standard InChI is InChI=1S/C32H37N5O10/c33-29(34)18-7-10-22(39)21(15-18)36-25(30(43)35-19-8-5-17(6-9-19)31(44)37-11-13-45-14-12-37)20-3-1-2-4-23(20)46-32-28(42)27(41)26(40)24(16-38)47-32/h1-10,15,24-28,32,36,38-42H,11-14,16H2,(H3,33,34)(H,35,43). The number of hydrogen-bond acceptors (Lipinski definition) is 12. The molecule has 0 saturated carbocycles. The molecule has 250 valence electrons. The molecule has 3 aromatic rings. The van der Waals surface area contributed by atoms with E-state index in [9.17, 15) is 35.1 Å². The number of ether oxygens (including phenoxy) is 3. The van der Waals surface area contributed by atoms with E-state index in [1.54, 1.807) is 47.4 Å². The third-order valence-electron chi connectivity index (χ3n) is 7.89. The predicted octanol–water partition coefficient (Wildman–Crippen LogP) is 0.119. The molecule has 6 unspecified atom stereocenters. The van der Waals surface area contributed by atoms with Crippen LogP contribution < -0.4 is 21.1 Å². The molecule has 5 rings (SSSR count). The van der Waals surface area contributed by atoms with E-state index in [0.29, 0.717) is 37.6 Å². The highest BCUT2D eigenvalue weighted by Crippen LogP contribution is 2.35. The Morgan fingerprint density at radius 2 is 1.66 bits per heavy atom. The fourth-order valence-electron chi connectivity index (χ4n) is 5.24. The van der Waals surface area contributed by atoms with Gasteiger partial charge >= 0.3 is 0 Å². The Kier molecular flexibility index (Phi) is 10.6. The van der Waals surface area contributed by atoms with Crippen molar-refractivity contribution in [3.05, 3.63) is 83.4 Å². The van der Waals surface area contributed by atoms with E-state index in [1.165, 1.54) is 24.3 Å². The molecule has 2 fully saturated rings. The van der Waals surface area contributed by atoms with Crippen molar-refractivity contribution >= 4 is 29.0 Å². The number of nitrogen functional groups attached to an aromatic ring is 1. The number of aromatic hydroxyl groups is 1. The van der Waals surface area contributed by atoms with Crippen LogP contribution in [-0.2, 0) is 14.3 Å². The predicted molar refractivity (Wildman–Crippen MR) is 168 cm³/mol. The molecule has 2 aliphatic rings. The van der Waals surface area contributed by atoms with Crippen LogP contribution >= 0.6 is 0 Å². The number of nitrogens with one attached hydrogen (secondary N) is 3. The molecule has 0 bridgehead atoms. The lowest BCUT2D eigenvalue weighted by atomic mass is 9.99. The summed E-state index contributed by atoms with van der Waals surface area (Å²) in [7, 11) is 0. The van der Waals surface area contributed by atoms with Crippen molar-refractivity contribution in [2.24, 2.45) is 5.73 Å². The van der Waals surface area contributed by atoms with E-state index in [1.807, 2.05) is 0 Å². The minimum Gasteiger partial charge on any atom is -0.506 e. The van der Waals surface area contributed by atoms with Gasteiger partial charge in [-0.2, -0.15) is 0 Å². The zero-order chi connectivity index (χ0) is 33.7. The number of aliphatic hydroxyl groups is 4. The molecule has 3 aromatic carbocycles. The van der Waals surface area contributed by atoms with Gasteiger partial charge in [-0.3, -0.25) is 15.0 Å². The molecular formula is C32H37N5O10. The number of morpholine rings is 1. The molecule has 2 heterocycles. The van der Waals surface area contributed by atoms with E-state index in [0.717, 1.165) is 0 Å². The second-order valence-corrected chi connectivity index (χ2v) is 11.0. The van der Waals surface area contributed by atoms with Crippen molar-refractivity contribution < 1.29 is 49.3 Å². The van der Waals surface area contributed by atoms with Gasteiger partial charge in [-0.15, -0.1) is 0 Å². The topological polar surface area (TPSA) is 240 Å². The van der Waals surface area contributed by atoms with Gasteiger partial charge in [0.15, 0.2) is 0 Å². The Bertz CT molecular complexity index is 1580. The smallest absolute Gasteiger partial charge is 0.254 e. The summed E-state index contributed by atoms with van der Waals surface area (Å²) in [5, 5.41) is 64.8. The van der Waals surface area contributed by atoms with Crippen molar-refractivity contribution in [3.63, 3.8) is 0 Å². The fraction of sp³-hybridized carbons (Fsp3) is 0.344. The molecule has 2 saturated heterocycles. The summed E-state index contributed by atoms with van der Waals surface area (Å²) in [5.74, 6) is -1.28. The van der Waals surface area contributed by atoms with Gasteiger partial charge in [0, 0.05) is 35.5 Å². The average Bonchev–Trinajstić information content (AvgIpc) is 3.08. The second-order valence-electron chi connectivity index (χ2n) is 11.0. The van der Waals surface area contributed by atoms with E-state index in [4.69, 9.17) is 25.4 Å². The lowest BCUT2D eigenvalue weighted by molar-refractivity contribution is -0.277. The van der Waals surface area contributed by atoms with Gasteiger partial charge in [-0.05, 0) is 48.5 Å². The first kappa shape index (κ1) is 33.6. The third kappa shape index (κ3) is 7.62. The maximum absolute atomic E-state index is 14.0. The zero-order valence-electron chi connectivity index (χ0n) is 25.2. The summed E-state index contributed by atoms with van der Waals surface area (Å²) in [4.78, 5) is 28.5. The van der Waals surface area contributed by atoms with Crippen LogP contribution in [0.2, 0.25) is 0 Å². The number of rotatable bonds is 10. The minimum atomic E-state index is -1.71. The molecule has 0 aliphatic carbocycles. The van der Waals surface area contributed by atoms with Crippen molar-refractivity contribution in [2.75, 3.05) is 43.5 Å². The summed E-state index contributed by atoms with van der Waals surface area (Å²) in [5.41, 5.74) is 6.98. The average molecular weight is 652 g/mol. The largest absolute Gasteiger partial charge is 0.506 e. The van der Waals surface area contributed by atoms with Gasteiger partial charge < -0.3 is 61.0 Å². The molecule has 15 nitrogen and oxygen atoms in total. The number of nitrogens with zero attached hydrogens (tertiary/aromatic N) is 1. The number of carbonyl (C=O) groups excluding carboxylic acids is 2. The van der Waals surface area contributed by atoms with Crippen LogP contribution in [-0.4, -0.2) is 112 Å². The Morgan fingerprint density at radius 3 is 2.34 bits per heavy atom. The van der Waals surface area contributed by atoms with Crippen molar-refractivity contribution in [3.8, 4) is 11.5 Å². The van der Waals surface area contributed by atoms with Crippen molar-refractivity contribution in [2.45, 2.75) is 36.7 Å². The summed E-state index contributed by atoms with van der Waals surface area (Å²) in [6.07, 6.45) is -7.78. The normalized spacial score (nSPS) is 23.4. The van der Waals surface area contributed by atoms with Gasteiger partial charge in [0.1, 0.15) is 47.8 Å². The number of benzene rings is 3. The first-order valence-corrected chi connectivity index (χ1v) is 14.9. The molecule has 47 heavy (non-hydrogen) atoms. The maximum atomic E-state index is 14.0. The van der Waals surface area contributed by atoms with Gasteiger partial charge in [0.25, 0.3) is 11.8 Å². The van der Waals surface area contributed by atoms with Crippen LogP contribution in [0.5, 0.6) is 11.5 Å². The Hall–Kier alpha value is -4.77. The lowest BCUT2D eigenvalue weighted by Gasteiger charge is -2.40. The highest BCUT2D eigenvalue weighted by molar-refractivity contribution is 6.00. The number of para-hydroxylation sites is 1. The highest BCUT2D eigenvalue weighted by atomic mass is 16.7. The molecule has 2 amide bonds. The van der Waals surface area contributed by atoms with E-state index < -0.39 is 49.3 Å². The zero-order valence-corrected chi connectivity index (χ0v) is 25.2. The van der Waals surface area contributed by atoms with Crippen LogP contribution in [0.1, 0.15) is 27.5 Å². The molecule has 0 aromatic heterocycles. The number of phenolic OH excluding ortho intramolecular Hbond substituents is 1. The summed E-state index contributed by atoms with van der Waals surface area (Å²) in [6.45, 7) is 1.21. The monoisotopic (exact) mass is 651 g/mol. The van der Waals surface area contributed by atoms with Gasteiger partial charge in [-0.1, -0.05) is 18.2 Å². The Balaban J connectivity index is 1.44. The van der Waals surface area contributed by atoms with Crippen LogP contribution in [0.25, 0.3) is 0 Å². The number of amides is 2. The molecular weight excluding hydrogens is 614 g/mol. The maximum Gasteiger partial charge on any atom is 0.254 e. The molecule has 6 atom stereocenters. The molecule has 15 heteroatoms. The van der Waals surface area contributed by atoms with Gasteiger partial charge in [0.2, 0.25) is 6.29 Å². The van der Waals surface area contributed by atoms with Crippen LogP contribution in [0, 0.1) is 5.41 Å². The molecule has 10 N–H and O–H groups in total. The number of anilines is 2. The first-order valence-electron chi connectivity index (χ1n) is 14.9.